The highest BCUT2D eigenvalue weighted by Gasteiger charge is 2.41. The fourth-order valence-corrected chi connectivity index (χ4v) is 3.01. The number of nitrogens with one attached hydrogen (secondary N) is 1. The van der Waals surface area contributed by atoms with Gasteiger partial charge >= 0.3 is 12.3 Å². The largest absolute Gasteiger partial charge is 0.444 e. The lowest BCUT2D eigenvalue weighted by atomic mass is 10.1. The SMILES string of the molecule is CC(C)(C)OC(=O)N1C[C@H](N=[N+]=[N-])C[C@@H]1C(=O)Nc1ccc(Cl)c(C(F)(F)F)c1. The molecule has 1 aliphatic heterocycles. The van der Waals surface area contributed by atoms with E-state index in [9.17, 15) is 22.8 Å². The Kier molecular flexibility index (Phi) is 6.54. The zero-order valence-corrected chi connectivity index (χ0v) is 16.6. The highest BCUT2D eigenvalue weighted by molar-refractivity contribution is 6.31. The molecule has 8 nitrogen and oxygen atoms in total. The summed E-state index contributed by atoms with van der Waals surface area (Å²) >= 11 is 5.58. The van der Waals surface area contributed by atoms with E-state index in [1.54, 1.807) is 20.8 Å². The number of alkyl halides is 3. The summed E-state index contributed by atoms with van der Waals surface area (Å²) in [5.74, 6) is -0.734. The van der Waals surface area contributed by atoms with E-state index in [1.165, 1.54) is 6.07 Å². The summed E-state index contributed by atoms with van der Waals surface area (Å²) in [5.41, 5.74) is 6.57. The van der Waals surface area contributed by atoms with Crippen LogP contribution in [0.3, 0.4) is 0 Å². The second-order valence-corrected chi connectivity index (χ2v) is 7.83. The Bertz CT molecular complexity index is 850. The van der Waals surface area contributed by atoms with Crippen LogP contribution in [0, 0.1) is 0 Å². The van der Waals surface area contributed by atoms with Gasteiger partial charge < -0.3 is 10.1 Å². The topological polar surface area (TPSA) is 107 Å². The van der Waals surface area contributed by atoms with Gasteiger partial charge in [-0.3, -0.25) is 9.69 Å². The first-order valence-corrected chi connectivity index (χ1v) is 8.91. The lowest BCUT2D eigenvalue weighted by molar-refractivity contribution is -0.137. The van der Waals surface area contributed by atoms with E-state index in [1.807, 2.05) is 0 Å². The molecule has 0 saturated carbocycles. The predicted octanol–water partition coefficient (Wildman–Crippen LogP) is 4.99. The van der Waals surface area contributed by atoms with Gasteiger partial charge in [-0.05, 0) is 50.9 Å². The van der Waals surface area contributed by atoms with E-state index >= 15 is 0 Å². The second kappa shape index (κ2) is 8.38. The van der Waals surface area contributed by atoms with Gasteiger partial charge in [0.2, 0.25) is 5.91 Å². The molecule has 2 rings (SSSR count). The number of azide groups is 1. The minimum absolute atomic E-state index is 0.00878. The average Bonchev–Trinajstić information content (AvgIpc) is 2.99. The highest BCUT2D eigenvalue weighted by atomic mass is 35.5. The number of rotatable bonds is 3. The molecule has 1 fully saturated rings. The number of hydrogen-bond acceptors (Lipinski definition) is 4. The number of carbonyl (C=O) groups is 2. The Morgan fingerprint density at radius 3 is 2.55 bits per heavy atom. The number of ether oxygens (including phenoxy) is 1. The van der Waals surface area contributed by atoms with E-state index in [-0.39, 0.29) is 18.7 Å². The second-order valence-electron chi connectivity index (χ2n) is 7.42. The van der Waals surface area contributed by atoms with Crippen molar-refractivity contribution in [1.29, 1.82) is 0 Å². The van der Waals surface area contributed by atoms with Crippen LogP contribution in [0.4, 0.5) is 23.7 Å². The quantitative estimate of drug-likeness (QED) is 0.412. The van der Waals surface area contributed by atoms with E-state index in [4.69, 9.17) is 21.9 Å². The lowest BCUT2D eigenvalue weighted by Gasteiger charge is -2.28. The van der Waals surface area contributed by atoms with Crippen LogP contribution in [-0.2, 0) is 15.7 Å². The molecule has 1 heterocycles. The van der Waals surface area contributed by atoms with Gasteiger partial charge in [0.15, 0.2) is 0 Å². The Labute approximate surface area is 169 Å². The fourth-order valence-electron chi connectivity index (χ4n) is 2.79. The van der Waals surface area contributed by atoms with Crippen molar-refractivity contribution in [3.05, 3.63) is 39.2 Å². The fraction of sp³-hybridized carbons (Fsp3) is 0.529. The first-order valence-electron chi connectivity index (χ1n) is 8.53. The number of halogens is 4. The molecule has 29 heavy (non-hydrogen) atoms. The van der Waals surface area contributed by atoms with Crippen molar-refractivity contribution >= 4 is 29.3 Å². The molecule has 0 aliphatic carbocycles. The van der Waals surface area contributed by atoms with Crippen LogP contribution in [0.5, 0.6) is 0 Å². The summed E-state index contributed by atoms with van der Waals surface area (Å²) < 4.78 is 44.3. The normalized spacial score (nSPS) is 19.5. The summed E-state index contributed by atoms with van der Waals surface area (Å²) in [5, 5.41) is 5.38. The van der Waals surface area contributed by atoms with E-state index in [0.717, 1.165) is 11.0 Å². The van der Waals surface area contributed by atoms with Crippen LogP contribution in [0.2, 0.25) is 5.02 Å². The zero-order valence-electron chi connectivity index (χ0n) is 15.8. The van der Waals surface area contributed by atoms with Crippen molar-refractivity contribution in [2.24, 2.45) is 5.11 Å². The highest BCUT2D eigenvalue weighted by Crippen LogP contribution is 2.36. The van der Waals surface area contributed by atoms with Gasteiger partial charge in [-0.15, -0.1) is 0 Å². The number of amides is 2. The molecule has 0 unspecified atom stereocenters. The summed E-state index contributed by atoms with van der Waals surface area (Å²) in [6.45, 7) is 4.89. The predicted molar refractivity (Wildman–Crippen MR) is 99.4 cm³/mol. The van der Waals surface area contributed by atoms with Gasteiger partial charge in [0.25, 0.3) is 0 Å². The van der Waals surface area contributed by atoms with Crippen LogP contribution in [-0.4, -0.2) is 41.1 Å². The number of hydrogen-bond donors (Lipinski definition) is 1. The molecule has 12 heteroatoms. The Balaban J connectivity index is 2.24. The summed E-state index contributed by atoms with van der Waals surface area (Å²) in [4.78, 5) is 28.9. The average molecular weight is 434 g/mol. The smallest absolute Gasteiger partial charge is 0.417 e. The standard InChI is InChI=1S/C17H19ClF3N5O3/c1-16(2,3)29-15(28)26-8-10(24-25-22)7-13(26)14(27)23-9-4-5-12(18)11(6-9)17(19,20)21/h4-6,10,13H,7-8H2,1-3H3,(H,23,27)/t10-,13-/m1/s1. The van der Waals surface area contributed by atoms with E-state index in [2.05, 4.69) is 15.3 Å². The Morgan fingerprint density at radius 1 is 1.34 bits per heavy atom. The third-order valence-corrected chi connectivity index (χ3v) is 4.29. The van der Waals surface area contributed by atoms with Crippen molar-refractivity contribution in [3.8, 4) is 0 Å². The molecule has 1 aliphatic rings. The number of nitrogens with zero attached hydrogens (tertiary/aromatic N) is 4. The van der Waals surface area contributed by atoms with Crippen molar-refractivity contribution in [2.75, 3.05) is 11.9 Å². The summed E-state index contributed by atoms with van der Waals surface area (Å²) in [7, 11) is 0. The van der Waals surface area contributed by atoms with Crippen LogP contribution >= 0.6 is 11.6 Å². The third-order valence-electron chi connectivity index (χ3n) is 3.96. The minimum Gasteiger partial charge on any atom is -0.444 e. The van der Waals surface area contributed by atoms with Crippen LogP contribution < -0.4 is 5.32 Å². The first kappa shape index (κ1) is 22.6. The molecule has 1 N–H and O–H groups in total. The molecule has 2 atom stereocenters. The molecule has 1 saturated heterocycles. The number of likely N-dealkylation sites (tertiary alicyclic amines) is 1. The van der Waals surface area contributed by atoms with Crippen LogP contribution in [0.25, 0.3) is 10.4 Å². The van der Waals surface area contributed by atoms with Crippen molar-refractivity contribution in [3.63, 3.8) is 0 Å². The summed E-state index contributed by atoms with van der Waals surface area (Å²) in [6, 6.07) is 1.19. The number of carbonyl (C=O) groups excluding carboxylic acids is 2. The molecular weight excluding hydrogens is 415 g/mol. The van der Waals surface area contributed by atoms with E-state index in [0.29, 0.717) is 6.07 Å². The molecule has 158 valence electrons. The maximum Gasteiger partial charge on any atom is 0.417 e. The van der Waals surface area contributed by atoms with Gasteiger partial charge in [-0.2, -0.15) is 13.2 Å². The Morgan fingerprint density at radius 2 is 2.00 bits per heavy atom. The number of benzene rings is 1. The van der Waals surface area contributed by atoms with Crippen LogP contribution in [0.15, 0.2) is 23.3 Å². The molecule has 2 amide bonds. The molecular formula is C17H19ClF3N5O3. The minimum atomic E-state index is -4.69. The Hall–Kier alpha value is -2.65. The maximum atomic E-state index is 13.0. The molecule has 1 aromatic rings. The van der Waals surface area contributed by atoms with Crippen molar-refractivity contribution in [2.45, 2.75) is 51.1 Å². The van der Waals surface area contributed by atoms with E-state index < -0.39 is 46.4 Å². The number of anilines is 1. The van der Waals surface area contributed by atoms with Gasteiger partial charge in [0.1, 0.15) is 11.6 Å². The lowest BCUT2D eigenvalue weighted by Crippen LogP contribution is -2.45. The molecule has 0 bridgehead atoms. The maximum absolute atomic E-state index is 13.0. The molecule has 1 aromatic carbocycles. The molecule has 0 aromatic heterocycles. The monoisotopic (exact) mass is 433 g/mol. The van der Waals surface area contributed by atoms with Gasteiger partial charge in [0.05, 0.1) is 16.6 Å². The molecule has 0 radical (unpaired) electrons. The van der Waals surface area contributed by atoms with Gasteiger partial charge in [-0.1, -0.05) is 16.7 Å². The zero-order chi connectivity index (χ0) is 22.0. The van der Waals surface area contributed by atoms with Crippen LogP contribution in [0.1, 0.15) is 32.8 Å². The van der Waals surface area contributed by atoms with Crippen molar-refractivity contribution < 1.29 is 27.5 Å². The first-order chi connectivity index (χ1) is 13.3. The summed E-state index contributed by atoms with van der Waals surface area (Å²) in [6.07, 6.45) is -5.48. The van der Waals surface area contributed by atoms with Gasteiger partial charge in [0, 0.05) is 17.1 Å². The molecule has 0 spiro atoms. The van der Waals surface area contributed by atoms with Crippen molar-refractivity contribution in [1.82, 2.24) is 4.90 Å². The van der Waals surface area contributed by atoms with Gasteiger partial charge in [-0.25, -0.2) is 4.79 Å². The third kappa shape index (κ3) is 5.91.